The first kappa shape index (κ1) is 27.9. The second-order valence-corrected chi connectivity index (χ2v) is 12.1. The summed E-state index contributed by atoms with van der Waals surface area (Å²) in [5, 5.41) is 2.34. The van der Waals surface area contributed by atoms with E-state index in [1.165, 1.54) is 44.3 Å². The molecule has 0 amide bonds. The lowest BCUT2D eigenvalue weighted by atomic mass is 9.90. The maximum Gasteiger partial charge on any atom is 0.135 e. The Bertz CT molecular complexity index is 2300. The minimum absolute atomic E-state index is 0.866. The number of nitrogens with zero attached hydrogens (tertiary/aromatic N) is 1. The van der Waals surface area contributed by atoms with Gasteiger partial charge in [0.15, 0.2) is 0 Å². The molecule has 1 aliphatic rings. The summed E-state index contributed by atoms with van der Waals surface area (Å²) in [5.74, 6) is 1.76. The molecule has 0 bridgehead atoms. The Morgan fingerprint density at radius 3 is 1.40 bits per heavy atom. The van der Waals surface area contributed by atoms with Crippen molar-refractivity contribution in [1.29, 1.82) is 0 Å². The first-order valence-corrected chi connectivity index (χ1v) is 16.3. The number of anilines is 3. The largest absolute Gasteiger partial charge is 0.456 e. The topological polar surface area (TPSA) is 12.5 Å². The Labute approximate surface area is 280 Å². The second kappa shape index (κ2) is 11.8. The first-order valence-electron chi connectivity index (χ1n) is 16.3. The molecule has 2 nitrogen and oxygen atoms in total. The molecule has 1 aliphatic heterocycles. The van der Waals surface area contributed by atoms with Crippen molar-refractivity contribution in [3.63, 3.8) is 0 Å². The Hall–Kier alpha value is -6.38. The summed E-state index contributed by atoms with van der Waals surface area (Å²) < 4.78 is 6.60. The molecule has 8 aromatic carbocycles. The molecular formula is C46H31NO. The summed E-state index contributed by atoms with van der Waals surface area (Å²) >= 11 is 0. The van der Waals surface area contributed by atoms with Gasteiger partial charge in [0, 0.05) is 28.0 Å². The van der Waals surface area contributed by atoms with Crippen molar-refractivity contribution in [1.82, 2.24) is 0 Å². The van der Waals surface area contributed by atoms with Crippen molar-refractivity contribution in [2.75, 3.05) is 4.90 Å². The first-order chi connectivity index (χ1) is 23.8. The maximum absolute atomic E-state index is 6.60. The molecule has 0 N–H and O–H groups in total. The fourth-order valence-electron chi connectivity index (χ4n) is 6.94. The fourth-order valence-corrected chi connectivity index (χ4v) is 6.94. The molecule has 0 saturated carbocycles. The number of benzene rings is 8. The van der Waals surface area contributed by atoms with Gasteiger partial charge in [-0.3, -0.25) is 0 Å². The van der Waals surface area contributed by atoms with Crippen LogP contribution in [0.2, 0.25) is 0 Å². The zero-order valence-electron chi connectivity index (χ0n) is 26.3. The molecule has 9 rings (SSSR count). The second-order valence-electron chi connectivity index (χ2n) is 12.1. The van der Waals surface area contributed by atoms with Gasteiger partial charge in [-0.05, 0) is 92.9 Å². The van der Waals surface area contributed by atoms with Gasteiger partial charge in [0.1, 0.15) is 11.5 Å². The highest BCUT2D eigenvalue weighted by Crippen LogP contribution is 2.50. The van der Waals surface area contributed by atoms with Gasteiger partial charge in [0.2, 0.25) is 0 Å². The zero-order chi connectivity index (χ0) is 31.9. The average Bonchev–Trinajstić information content (AvgIpc) is 3.17. The third kappa shape index (κ3) is 4.92. The van der Waals surface area contributed by atoms with E-state index in [1.54, 1.807) is 0 Å². The summed E-state index contributed by atoms with van der Waals surface area (Å²) in [6.45, 7) is 0. The number of hydrogen-bond acceptors (Lipinski definition) is 2. The van der Waals surface area contributed by atoms with E-state index in [-0.39, 0.29) is 0 Å². The van der Waals surface area contributed by atoms with E-state index >= 15 is 0 Å². The van der Waals surface area contributed by atoms with Crippen LogP contribution in [0.15, 0.2) is 188 Å². The van der Waals surface area contributed by atoms with Crippen molar-refractivity contribution >= 4 is 27.8 Å². The van der Waals surface area contributed by atoms with Crippen LogP contribution in [0.5, 0.6) is 11.5 Å². The predicted molar refractivity (Wildman–Crippen MR) is 200 cm³/mol. The van der Waals surface area contributed by atoms with E-state index in [9.17, 15) is 0 Å². The lowest BCUT2D eigenvalue weighted by molar-refractivity contribution is 0.487. The number of hydrogen-bond donors (Lipinski definition) is 0. The quantitative estimate of drug-likeness (QED) is 0.185. The summed E-state index contributed by atoms with van der Waals surface area (Å²) in [4.78, 5) is 2.33. The van der Waals surface area contributed by atoms with E-state index in [1.807, 2.05) is 0 Å². The summed E-state index contributed by atoms with van der Waals surface area (Å²) in [5.41, 5.74) is 12.7. The highest BCUT2D eigenvalue weighted by molar-refractivity contribution is 6.10. The van der Waals surface area contributed by atoms with E-state index in [4.69, 9.17) is 4.74 Å². The smallest absolute Gasteiger partial charge is 0.135 e. The van der Waals surface area contributed by atoms with Crippen LogP contribution in [0.1, 0.15) is 0 Å². The van der Waals surface area contributed by atoms with E-state index < -0.39 is 0 Å². The molecule has 2 heteroatoms. The van der Waals surface area contributed by atoms with Crippen molar-refractivity contribution in [2.45, 2.75) is 0 Å². The number of rotatable bonds is 6. The molecule has 0 atom stereocenters. The van der Waals surface area contributed by atoms with Gasteiger partial charge in [-0.2, -0.15) is 0 Å². The van der Waals surface area contributed by atoms with E-state index in [0.717, 1.165) is 39.5 Å². The molecule has 8 aromatic rings. The van der Waals surface area contributed by atoms with Crippen LogP contribution in [0.4, 0.5) is 17.1 Å². The summed E-state index contributed by atoms with van der Waals surface area (Å²) in [7, 11) is 0. The molecule has 48 heavy (non-hydrogen) atoms. The van der Waals surface area contributed by atoms with Gasteiger partial charge in [0.25, 0.3) is 0 Å². The highest BCUT2D eigenvalue weighted by atomic mass is 16.5. The lowest BCUT2D eigenvalue weighted by Crippen LogP contribution is -2.10. The van der Waals surface area contributed by atoms with Gasteiger partial charge in [-0.25, -0.2) is 0 Å². The maximum atomic E-state index is 6.60. The number of ether oxygens (including phenoxy) is 1. The molecule has 1 heterocycles. The van der Waals surface area contributed by atoms with Crippen LogP contribution in [-0.4, -0.2) is 0 Å². The van der Waals surface area contributed by atoms with Crippen LogP contribution < -0.4 is 9.64 Å². The molecule has 0 unspecified atom stereocenters. The zero-order valence-corrected chi connectivity index (χ0v) is 26.3. The summed E-state index contributed by atoms with van der Waals surface area (Å²) in [6, 6.07) is 66.8. The SMILES string of the molecule is c1ccc(-c2ccc(N(c3ccc(-c4ccccc4)cc3)c3ccc4c(c3)-c3cccc5c(-c6ccccc6)ccc(c35)O4)cc2)cc1. The van der Waals surface area contributed by atoms with Crippen LogP contribution in [0.3, 0.4) is 0 Å². The molecular weight excluding hydrogens is 583 g/mol. The van der Waals surface area contributed by atoms with Crippen LogP contribution in [0, 0.1) is 0 Å². The Kier molecular flexibility index (Phi) is 6.84. The Morgan fingerprint density at radius 1 is 0.312 bits per heavy atom. The molecule has 226 valence electrons. The number of fused-ring (bicyclic) bond motifs is 2. The van der Waals surface area contributed by atoms with E-state index in [0.29, 0.717) is 0 Å². The van der Waals surface area contributed by atoms with Crippen molar-refractivity contribution in [3.8, 4) is 56.0 Å². The van der Waals surface area contributed by atoms with Gasteiger partial charge in [0.05, 0.1) is 0 Å². The van der Waals surface area contributed by atoms with Crippen LogP contribution >= 0.6 is 0 Å². The van der Waals surface area contributed by atoms with Crippen LogP contribution in [-0.2, 0) is 0 Å². The third-order valence-corrected chi connectivity index (χ3v) is 9.28. The lowest BCUT2D eigenvalue weighted by Gasteiger charge is -2.28. The highest BCUT2D eigenvalue weighted by Gasteiger charge is 2.24. The minimum Gasteiger partial charge on any atom is -0.456 e. The van der Waals surface area contributed by atoms with Gasteiger partial charge < -0.3 is 9.64 Å². The molecule has 0 spiro atoms. The van der Waals surface area contributed by atoms with Crippen molar-refractivity contribution in [2.24, 2.45) is 0 Å². The van der Waals surface area contributed by atoms with Gasteiger partial charge >= 0.3 is 0 Å². The molecule has 0 radical (unpaired) electrons. The standard InChI is InChI=1S/C46H31NO/c1-4-11-32(12-5-1)34-19-23-37(24-20-34)47(38-25-21-35(22-26-38)33-13-6-2-7-14-33)39-27-29-44-43(31-39)42-18-10-17-41-40(36-15-8-3-9-16-36)28-30-45(48-44)46(41)42/h1-31H. The third-order valence-electron chi connectivity index (χ3n) is 9.28. The Balaban J connectivity index is 1.18. The monoisotopic (exact) mass is 613 g/mol. The molecule has 0 aromatic heterocycles. The van der Waals surface area contributed by atoms with E-state index in [2.05, 4.69) is 193 Å². The Morgan fingerprint density at radius 2 is 0.812 bits per heavy atom. The molecule has 0 saturated heterocycles. The summed E-state index contributed by atoms with van der Waals surface area (Å²) in [6.07, 6.45) is 0. The van der Waals surface area contributed by atoms with Crippen molar-refractivity contribution < 1.29 is 4.74 Å². The van der Waals surface area contributed by atoms with Crippen molar-refractivity contribution in [3.05, 3.63) is 188 Å². The molecule has 0 aliphatic carbocycles. The molecule has 0 fully saturated rings. The van der Waals surface area contributed by atoms with Gasteiger partial charge in [-0.1, -0.05) is 140 Å². The minimum atomic E-state index is 0.866. The average molecular weight is 614 g/mol. The predicted octanol–water partition coefficient (Wildman–Crippen LogP) is 13.1. The fraction of sp³-hybridized carbons (Fsp3) is 0. The van der Waals surface area contributed by atoms with Gasteiger partial charge in [-0.15, -0.1) is 0 Å². The van der Waals surface area contributed by atoms with Crippen LogP contribution in [0.25, 0.3) is 55.3 Å². The normalized spacial score (nSPS) is 11.5.